The normalized spacial score (nSPS) is 11.3. The van der Waals surface area contributed by atoms with Crippen LogP contribution in [0.3, 0.4) is 0 Å². The van der Waals surface area contributed by atoms with Gasteiger partial charge in [-0.15, -0.1) is 0 Å². The summed E-state index contributed by atoms with van der Waals surface area (Å²) in [6, 6.07) is 11.4. The Kier molecular flexibility index (Phi) is 5.53. The van der Waals surface area contributed by atoms with Gasteiger partial charge in [0.1, 0.15) is 6.61 Å². The third-order valence-electron chi connectivity index (χ3n) is 3.55. The van der Waals surface area contributed by atoms with Gasteiger partial charge in [0, 0.05) is 12.1 Å². The summed E-state index contributed by atoms with van der Waals surface area (Å²) in [5.41, 5.74) is 0.463. The molecule has 0 saturated heterocycles. The molecule has 0 fully saturated rings. The average Bonchev–Trinajstić information content (AvgIpc) is 2.59. The Hall–Kier alpha value is -2.74. The Labute approximate surface area is 145 Å². The lowest BCUT2D eigenvalue weighted by atomic mass is 10.2. The van der Waals surface area contributed by atoms with Crippen molar-refractivity contribution >= 4 is 21.5 Å². The van der Waals surface area contributed by atoms with Crippen molar-refractivity contribution in [2.45, 2.75) is 30.6 Å². The van der Waals surface area contributed by atoms with Gasteiger partial charge in [-0.25, -0.2) is 13.2 Å². The molecule has 0 aromatic heterocycles. The number of sulfone groups is 1. The summed E-state index contributed by atoms with van der Waals surface area (Å²) < 4.78 is 29.9. The van der Waals surface area contributed by atoms with Crippen LogP contribution in [0, 0.1) is 10.1 Å². The molecular weight excluding hydrogens is 346 g/mol. The number of rotatable bonds is 6. The van der Waals surface area contributed by atoms with E-state index < -0.39 is 26.0 Å². The molecule has 0 aliphatic carbocycles. The lowest BCUT2D eigenvalue weighted by Gasteiger charge is -2.12. The maximum absolute atomic E-state index is 12.4. The number of carbonyl (C=O) groups excluding carboxylic acids is 1. The van der Waals surface area contributed by atoms with Gasteiger partial charge in [0.25, 0.3) is 5.69 Å². The van der Waals surface area contributed by atoms with Gasteiger partial charge in [-0.05, 0) is 43.7 Å². The summed E-state index contributed by atoms with van der Waals surface area (Å²) >= 11 is 0. The number of nitro benzene ring substituents is 1. The Morgan fingerprint density at radius 3 is 2.28 bits per heavy atom. The number of benzene rings is 2. The molecule has 7 nitrogen and oxygen atoms in total. The standard InChI is InChI=1S/C17H17NO6S/c1-12(2)25(22,23)16-6-4-3-5-15(16)17(19)24-11-13-7-9-14(10-8-13)18(20)21/h3-10,12H,11H2,1-2H3. The third-order valence-corrected chi connectivity index (χ3v) is 5.76. The molecule has 0 amide bonds. The number of hydrogen-bond acceptors (Lipinski definition) is 6. The van der Waals surface area contributed by atoms with E-state index in [1.54, 1.807) is 12.1 Å². The SMILES string of the molecule is CC(C)S(=O)(=O)c1ccccc1C(=O)OCc1ccc([N+](=O)[O-])cc1. The number of non-ortho nitro benzene ring substituents is 1. The molecule has 0 unspecified atom stereocenters. The fourth-order valence-electron chi connectivity index (χ4n) is 2.08. The quantitative estimate of drug-likeness (QED) is 0.444. The maximum atomic E-state index is 12.4. The molecule has 0 atom stereocenters. The third kappa shape index (κ3) is 4.21. The van der Waals surface area contributed by atoms with E-state index in [1.165, 1.54) is 50.2 Å². The Balaban J connectivity index is 2.18. The van der Waals surface area contributed by atoms with Crippen LogP contribution in [0.15, 0.2) is 53.4 Å². The monoisotopic (exact) mass is 363 g/mol. The first-order valence-electron chi connectivity index (χ1n) is 7.47. The van der Waals surface area contributed by atoms with E-state index in [0.717, 1.165) is 0 Å². The number of carbonyl (C=O) groups is 1. The van der Waals surface area contributed by atoms with Gasteiger partial charge in [0.05, 0.1) is 20.6 Å². The molecule has 0 aliphatic rings. The molecule has 0 radical (unpaired) electrons. The number of nitrogens with zero attached hydrogens (tertiary/aromatic N) is 1. The second kappa shape index (κ2) is 7.43. The van der Waals surface area contributed by atoms with Gasteiger partial charge >= 0.3 is 5.97 Å². The highest BCUT2D eigenvalue weighted by molar-refractivity contribution is 7.92. The van der Waals surface area contributed by atoms with Crippen LogP contribution in [0.2, 0.25) is 0 Å². The van der Waals surface area contributed by atoms with Crippen molar-refractivity contribution in [1.29, 1.82) is 0 Å². The minimum absolute atomic E-state index is 0.0295. The van der Waals surface area contributed by atoms with Crippen LogP contribution in [-0.2, 0) is 21.2 Å². The van der Waals surface area contributed by atoms with E-state index in [4.69, 9.17) is 4.74 Å². The van der Waals surface area contributed by atoms with Crippen LogP contribution in [0.5, 0.6) is 0 Å². The zero-order chi connectivity index (χ0) is 18.6. The van der Waals surface area contributed by atoms with Gasteiger partial charge in [-0.2, -0.15) is 0 Å². The van der Waals surface area contributed by atoms with Gasteiger partial charge < -0.3 is 4.74 Å². The fraction of sp³-hybridized carbons (Fsp3) is 0.235. The molecule has 8 heteroatoms. The molecule has 132 valence electrons. The summed E-state index contributed by atoms with van der Waals surface area (Å²) in [7, 11) is -3.63. The van der Waals surface area contributed by atoms with E-state index in [9.17, 15) is 23.3 Å². The molecule has 0 spiro atoms. The summed E-state index contributed by atoms with van der Waals surface area (Å²) in [4.78, 5) is 22.3. The van der Waals surface area contributed by atoms with Crippen molar-refractivity contribution in [1.82, 2.24) is 0 Å². The van der Waals surface area contributed by atoms with Crippen molar-refractivity contribution in [2.75, 3.05) is 0 Å². The molecule has 2 rings (SSSR count). The second-order valence-electron chi connectivity index (χ2n) is 5.59. The predicted molar refractivity (Wildman–Crippen MR) is 91.0 cm³/mol. The van der Waals surface area contributed by atoms with Crippen molar-refractivity contribution in [3.8, 4) is 0 Å². The first kappa shape index (κ1) is 18.6. The highest BCUT2D eigenvalue weighted by Gasteiger charge is 2.25. The predicted octanol–water partition coefficient (Wildman–Crippen LogP) is 3.13. The number of ether oxygens (including phenoxy) is 1. The zero-order valence-corrected chi connectivity index (χ0v) is 14.5. The first-order valence-corrected chi connectivity index (χ1v) is 9.01. The van der Waals surface area contributed by atoms with Crippen molar-refractivity contribution in [3.63, 3.8) is 0 Å². The largest absolute Gasteiger partial charge is 0.457 e. The van der Waals surface area contributed by atoms with E-state index in [2.05, 4.69) is 0 Å². The topological polar surface area (TPSA) is 104 Å². The molecule has 2 aromatic rings. The fourth-order valence-corrected chi connectivity index (χ4v) is 3.31. The molecular formula is C17H17NO6S. The van der Waals surface area contributed by atoms with Crippen LogP contribution in [-0.4, -0.2) is 24.6 Å². The molecule has 0 saturated carbocycles. The lowest BCUT2D eigenvalue weighted by molar-refractivity contribution is -0.384. The smallest absolute Gasteiger partial charge is 0.339 e. The zero-order valence-electron chi connectivity index (χ0n) is 13.7. The van der Waals surface area contributed by atoms with Gasteiger partial charge in [-0.3, -0.25) is 10.1 Å². The number of esters is 1. The van der Waals surface area contributed by atoms with Gasteiger partial charge in [0.15, 0.2) is 9.84 Å². The number of nitro groups is 1. The minimum Gasteiger partial charge on any atom is -0.457 e. The Morgan fingerprint density at radius 2 is 1.72 bits per heavy atom. The molecule has 2 aromatic carbocycles. The van der Waals surface area contributed by atoms with Crippen molar-refractivity contribution in [2.24, 2.45) is 0 Å². The molecule has 0 N–H and O–H groups in total. The van der Waals surface area contributed by atoms with Crippen molar-refractivity contribution in [3.05, 3.63) is 69.8 Å². The minimum atomic E-state index is -3.63. The van der Waals surface area contributed by atoms with E-state index in [-0.39, 0.29) is 22.8 Å². The summed E-state index contributed by atoms with van der Waals surface area (Å²) in [5.74, 6) is -0.766. The van der Waals surface area contributed by atoms with E-state index >= 15 is 0 Å². The molecule has 0 heterocycles. The highest BCUT2D eigenvalue weighted by Crippen LogP contribution is 2.22. The van der Waals surface area contributed by atoms with Crippen LogP contribution >= 0.6 is 0 Å². The molecule has 25 heavy (non-hydrogen) atoms. The van der Waals surface area contributed by atoms with Crippen LogP contribution in [0.1, 0.15) is 29.8 Å². The first-order chi connectivity index (χ1) is 11.7. The molecule has 0 bridgehead atoms. The van der Waals surface area contributed by atoms with E-state index in [0.29, 0.717) is 5.56 Å². The van der Waals surface area contributed by atoms with Crippen LogP contribution < -0.4 is 0 Å². The second-order valence-corrected chi connectivity index (χ2v) is 8.06. The van der Waals surface area contributed by atoms with Gasteiger partial charge in [-0.1, -0.05) is 12.1 Å². The summed E-state index contributed by atoms with van der Waals surface area (Å²) in [6.07, 6.45) is 0. The lowest BCUT2D eigenvalue weighted by Crippen LogP contribution is -2.18. The van der Waals surface area contributed by atoms with Gasteiger partial charge in [0.2, 0.25) is 0 Å². The Bertz CT molecular complexity index is 888. The molecule has 0 aliphatic heterocycles. The number of hydrogen-bond donors (Lipinski definition) is 0. The summed E-state index contributed by atoms with van der Waals surface area (Å²) in [5, 5.41) is 9.94. The highest BCUT2D eigenvalue weighted by atomic mass is 32.2. The summed E-state index contributed by atoms with van der Waals surface area (Å²) in [6.45, 7) is 2.95. The average molecular weight is 363 g/mol. The van der Waals surface area contributed by atoms with E-state index in [1.807, 2.05) is 0 Å². The Morgan fingerprint density at radius 1 is 1.12 bits per heavy atom. The van der Waals surface area contributed by atoms with Crippen molar-refractivity contribution < 1.29 is 22.9 Å². The van der Waals surface area contributed by atoms with Crippen LogP contribution in [0.25, 0.3) is 0 Å². The van der Waals surface area contributed by atoms with Crippen LogP contribution in [0.4, 0.5) is 5.69 Å². The maximum Gasteiger partial charge on any atom is 0.339 e.